The molecule has 0 spiro atoms. The maximum atomic E-state index is 13.8. The first kappa shape index (κ1) is 38.5. The number of ether oxygens (including phenoxy) is 1. The fourth-order valence-corrected chi connectivity index (χ4v) is 6.27. The topological polar surface area (TPSA) is 192 Å². The van der Waals surface area contributed by atoms with E-state index in [2.05, 4.69) is 31.2 Å². The first-order chi connectivity index (χ1) is 21.5. The zero-order valence-corrected chi connectivity index (χ0v) is 28.9. The molecular formula is C32H51N6O7P. The number of aromatic amines is 1. The van der Waals surface area contributed by atoms with Crippen molar-refractivity contribution in [2.24, 2.45) is 11.8 Å². The molecule has 4 amide bonds. The molecule has 0 aliphatic carbocycles. The van der Waals surface area contributed by atoms with Crippen LogP contribution in [0.3, 0.4) is 0 Å². The van der Waals surface area contributed by atoms with Gasteiger partial charge < -0.3 is 35.9 Å². The molecule has 1 aromatic carbocycles. The Morgan fingerprint density at radius 1 is 0.978 bits per heavy atom. The van der Waals surface area contributed by atoms with Crippen molar-refractivity contribution in [1.82, 2.24) is 31.2 Å². The van der Waals surface area contributed by atoms with Crippen LogP contribution in [0, 0.1) is 11.8 Å². The lowest BCUT2D eigenvalue weighted by Crippen LogP contribution is -2.56. The van der Waals surface area contributed by atoms with Crippen LogP contribution in [0.5, 0.6) is 0 Å². The van der Waals surface area contributed by atoms with Gasteiger partial charge >= 0.3 is 6.09 Å². The third-order valence-electron chi connectivity index (χ3n) is 7.11. The van der Waals surface area contributed by atoms with Crippen molar-refractivity contribution in [3.05, 3.63) is 54.1 Å². The summed E-state index contributed by atoms with van der Waals surface area (Å²) in [6.45, 7) is 13.1. The van der Waals surface area contributed by atoms with E-state index in [1.165, 1.54) is 12.5 Å². The van der Waals surface area contributed by atoms with Crippen molar-refractivity contribution < 1.29 is 33.4 Å². The van der Waals surface area contributed by atoms with Crippen LogP contribution in [0.2, 0.25) is 0 Å². The van der Waals surface area contributed by atoms with E-state index in [0.717, 1.165) is 12.0 Å². The third kappa shape index (κ3) is 14.2. The number of rotatable bonds is 17. The quantitative estimate of drug-likeness (QED) is 0.139. The monoisotopic (exact) mass is 662 g/mol. The lowest BCUT2D eigenvalue weighted by Gasteiger charge is -2.29. The zero-order chi connectivity index (χ0) is 34.5. The van der Waals surface area contributed by atoms with Crippen LogP contribution in [0.25, 0.3) is 0 Å². The van der Waals surface area contributed by atoms with Gasteiger partial charge in [0.1, 0.15) is 29.6 Å². The number of amides is 4. The number of H-pyrrole nitrogens is 1. The molecule has 5 atom stereocenters. The molecule has 0 saturated heterocycles. The summed E-state index contributed by atoms with van der Waals surface area (Å²) in [5.74, 6) is -3.09. The normalized spacial score (nSPS) is 15.5. The molecule has 256 valence electrons. The van der Waals surface area contributed by atoms with E-state index in [1.54, 1.807) is 45.0 Å². The van der Waals surface area contributed by atoms with Gasteiger partial charge in [-0.15, -0.1) is 0 Å². The SMILES string of the molecule is CCC(C)CNC(=O)CP(=O)(O)C(CC(C)C)NC(=O)[C@H](Cc1cnc[nH]1)NC(=O)[C@H](Cc1ccccc1)NC(=O)OC(C)(C)C. The maximum absolute atomic E-state index is 13.8. The summed E-state index contributed by atoms with van der Waals surface area (Å²) in [6, 6.07) is 6.71. The minimum Gasteiger partial charge on any atom is -0.444 e. The summed E-state index contributed by atoms with van der Waals surface area (Å²) < 4.78 is 18.9. The van der Waals surface area contributed by atoms with E-state index < -0.39 is 60.8 Å². The minimum absolute atomic E-state index is 0.0262. The Morgan fingerprint density at radius 3 is 2.17 bits per heavy atom. The number of nitrogens with zero attached hydrogens (tertiary/aromatic N) is 1. The molecule has 1 aromatic heterocycles. The third-order valence-corrected chi connectivity index (χ3v) is 9.16. The largest absolute Gasteiger partial charge is 0.444 e. The molecule has 0 saturated carbocycles. The van der Waals surface area contributed by atoms with Gasteiger partial charge in [-0.2, -0.15) is 0 Å². The van der Waals surface area contributed by atoms with E-state index in [9.17, 15) is 28.6 Å². The van der Waals surface area contributed by atoms with Gasteiger partial charge in [-0.05, 0) is 44.6 Å². The van der Waals surface area contributed by atoms with Crippen LogP contribution in [-0.4, -0.2) is 74.9 Å². The van der Waals surface area contributed by atoms with Crippen molar-refractivity contribution in [3.8, 4) is 0 Å². The summed E-state index contributed by atoms with van der Waals surface area (Å²) in [7, 11) is -4.23. The molecule has 3 unspecified atom stereocenters. The molecule has 1 heterocycles. The Labute approximate surface area is 271 Å². The van der Waals surface area contributed by atoms with Crippen LogP contribution in [0.15, 0.2) is 42.9 Å². The fourth-order valence-electron chi connectivity index (χ4n) is 4.45. The van der Waals surface area contributed by atoms with Gasteiger partial charge in [-0.25, -0.2) is 9.78 Å². The fraction of sp³-hybridized carbons (Fsp3) is 0.594. The first-order valence-electron chi connectivity index (χ1n) is 15.7. The van der Waals surface area contributed by atoms with Gasteiger partial charge in [0.25, 0.3) is 0 Å². The van der Waals surface area contributed by atoms with Gasteiger partial charge in [0.15, 0.2) is 0 Å². The van der Waals surface area contributed by atoms with Crippen molar-refractivity contribution in [2.45, 2.75) is 97.6 Å². The molecule has 2 rings (SSSR count). The highest BCUT2D eigenvalue weighted by Crippen LogP contribution is 2.47. The predicted molar refractivity (Wildman–Crippen MR) is 176 cm³/mol. The summed E-state index contributed by atoms with van der Waals surface area (Å²) in [6.07, 6.45) is 2.51. The number of hydrogen-bond donors (Lipinski definition) is 6. The highest BCUT2D eigenvalue weighted by molar-refractivity contribution is 7.59. The molecule has 6 N–H and O–H groups in total. The Morgan fingerprint density at radius 2 is 1.61 bits per heavy atom. The molecule has 46 heavy (non-hydrogen) atoms. The molecule has 0 aliphatic heterocycles. The zero-order valence-electron chi connectivity index (χ0n) is 28.0. The molecule has 0 aliphatic rings. The van der Waals surface area contributed by atoms with Crippen molar-refractivity contribution in [1.29, 1.82) is 0 Å². The van der Waals surface area contributed by atoms with E-state index in [-0.39, 0.29) is 31.1 Å². The Bertz CT molecular complexity index is 1310. The van der Waals surface area contributed by atoms with Crippen LogP contribution in [0.4, 0.5) is 4.79 Å². The number of alkyl carbamates (subject to hydrolysis) is 1. The molecule has 0 fully saturated rings. The average Bonchev–Trinajstić information content (AvgIpc) is 3.47. The van der Waals surface area contributed by atoms with Crippen molar-refractivity contribution in [3.63, 3.8) is 0 Å². The molecule has 2 aromatic rings. The number of hydrogen-bond acceptors (Lipinski definition) is 7. The summed E-state index contributed by atoms with van der Waals surface area (Å²) >= 11 is 0. The van der Waals surface area contributed by atoms with E-state index in [0.29, 0.717) is 12.2 Å². The standard InChI is InChI=1S/C32H51N6O7P/c1-8-22(4)17-34-27(39)19-46(43,44)28(14-21(2)3)38-30(41)26(16-24-18-33-20-35-24)36-29(40)25(15-23-12-10-9-11-13-23)37-31(42)45-32(5,6)7/h9-13,18,20-22,25-26,28H,8,14-17,19H2,1-7H3,(H,33,35)(H,34,39)(H,36,40)(H,37,42)(H,38,41)(H,43,44)/t22?,25-,26-,28?/m0/s1. The Hall–Kier alpha value is -3.70. The number of carbonyl (C=O) groups excluding carboxylic acids is 4. The number of imidazole rings is 1. The highest BCUT2D eigenvalue weighted by Gasteiger charge is 2.37. The van der Waals surface area contributed by atoms with Crippen molar-refractivity contribution in [2.75, 3.05) is 12.7 Å². The molecule has 13 nitrogen and oxygen atoms in total. The number of carbonyl (C=O) groups is 4. The van der Waals surface area contributed by atoms with E-state index in [4.69, 9.17) is 4.74 Å². The Balaban J connectivity index is 2.31. The summed E-state index contributed by atoms with van der Waals surface area (Å²) in [4.78, 5) is 70.7. The van der Waals surface area contributed by atoms with Gasteiger partial charge in [0.2, 0.25) is 25.1 Å². The Kier molecular flexibility index (Phi) is 14.9. The summed E-state index contributed by atoms with van der Waals surface area (Å²) in [5, 5.41) is 10.7. The highest BCUT2D eigenvalue weighted by atomic mass is 31.2. The minimum atomic E-state index is -4.23. The van der Waals surface area contributed by atoms with Crippen LogP contribution >= 0.6 is 7.37 Å². The lowest BCUT2D eigenvalue weighted by atomic mass is 10.0. The predicted octanol–water partition coefficient (Wildman–Crippen LogP) is 3.49. The first-order valence-corrected chi connectivity index (χ1v) is 17.6. The molecule has 0 bridgehead atoms. The van der Waals surface area contributed by atoms with Crippen molar-refractivity contribution >= 4 is 31.2 Å². The van der Waals surface area contributed by atoms with E-state index >= 15 is 0 Å². The summed E-state index contributed by atoms with van der Waals surface area (Å²) in [5.41, 5.74) is 0.477. The van der Waals surface area contributed by atoms with E-state index in [1.807, 2.05) is 33.8 Å². The second-order valence-electron chi connectivity index (χ2n) is 13.1. The molecule has 14 heteroatoms. The number of nitrogens with one attached hydrogen (secondary N) is 5. The second-order valence-corrected chi connectivity index (χ2v) is 15.6. The van der Waals surface area contributed by atoms with Gasteiger partial charge in [0.05, 0.1) is 6.33 Å². The maximum Gasteiger partial charge on any atom is 0.408 e. The van der Waals surface area contributed by atoms with Gasteiger partial charge in [-0.1, -0.05) is 64.4 Å². The smallest absolute Gasteiger partial charge is 0.408 e. The molecule has 0 radical (unpaired) electrons. The number of aromatic nitrogens is 2. The van der Waals surface area contributed by atoms with Crippen LogP contribution in [0.1, 0.15) is 72.6 Å². The van der Waals surface area contributed by atoms with Crippen LogP contribution in [-0.2, 0) is 36.5 Å². The van der Waals surface area contributed by atoms with Gasteiger partial charge in [0, 0.05) is 31.3 Å². The average molecular weight is 663 g/mol. The number of benzene rings is 1. The van der Waals surface area contributed by atoms with Gasteiger partial charge in [-0.3, -0.25) is 18.9 Å². The second kappa shape index (κ2) is 17.9. The van der Waals surface area contributed by atoms with Crippen LogP contribution < -0.4 is 21.3 Å². The lowest BCUT2D eigenvalue weighted by molar-refractivity contribution is -0.130. The molecular weight excluding hydrogens is 611 g/mol.